The number of aromatic nitrogens is 1. The molecule has 2 unspecified atom stereocenters. The standard InChI is InChI=1S/C31H23ClF3N3O6S2/c1-2-43-21-13-15(7-12-20(21)44-14-22(39)36-17-10-8-16(32)9-11-17)23-24-26(45-27-25(23)46-30(42)37-27)29(41)38(28(24)40)19-6-4-3-5-18(19)31(33,34)35/h3-13,23-24,26H,2,14H2,1H3,(H,36,39)(H,37,42)/t23-,24?,26?/m1/s1. The summed E-state index contributed by atoms with van der Waals surface area (Å²) in [6.07, 6.45) is -4.81. The quantitative estimate of drug-likeness (QED) is 0.208. The Hall–Kier alpha value is -4.27. The highest BCUT2D eigenvalue weighted by molar-refractivity contribution is 8.00. The lowest BCUT2D eigenvalue weighted by atomic mass is 9.83. The van der Waals surface area contributed by atoms with E-state index in [4.69, 9.17) is 21.1 Å². The van der Waals surface area contributed by atoms with Crippen molar-refractivity contribution in [1.82, 2.24) is 4.98 Å². The van der Waals surface area contributed by atoms with Gasteiger partial charge in [0.05, 0.1) is 28.8 Å². The zero-order valence-corrected chi connectivity index (χ0v) is 26.1. The van der Waals surface area contributed by atoms with Crippen molar-refractivity contribution < 1.29 is 37.0 Å². The molecule has 3 atom stereocenters. The Morgan fingerprint density at radius 3 is 2.46 bits per heavy atom. The van der Waals surface area contributed by atoms with Crippen LogP contribution in [0.4, 0.5) is 24.5 Å². The lowest BCUT2D eigenvalue weighted by molar-refractivity contribution is -0.137. The molecule has 4 aromatic rings. The molecule has 1 fully saturated rings. The number of amides is 3. The number of hydrogen-bond donors (Lipinski definition) is 2. The second kappa shape index (κ2) is 12.5. The Balaban J connectivity index is 1.33. The van der Waals surface area contributed by atoms with Gasteiger partial charge in [-0.2, -0.15) is 13.2 Å². The topological polar surface area (TPSA) is 118 Å². The largest absolute Gasteiger partial charge is 0.490 e. The number of halogens is 4. The van der Waals surface area contributed by atoms with E-state index < -0.39 is 57.1 Å². The summed E-state index contributed by atoms with van der Waals surface area (Å²) in [5, 5.41) is 2.47. The van der Waals surface area contributed by atoms with Crippen LogP contribution in [0.5, 0.6) is 11.5 Å². The second-order valence-corrected chi connectivity index (χ2v) is 12.9. The fourth-order valence-electron chi connectivity index (χ4n) is 5.50. The van der Waals surface area contributed by atoms with Crippen LogP contribution in [-0.2, 0) is 20.6 Å². The molecule has 1 aromatic heterocycles. The number of alkyl halides is 3. The Kier molecular flexibility index (Phi) is 8.61. The highest BCUT2D eigenvalue weighted by Gasteiger charge is 2.57. The number of benzene rings is 3. The molecular formula is C31H23ClF3N3O6S2. The van der Waals surface area contributed by atoms with Crippen LogP contribution in [0.2, 0.25) is 5.02 Å². The number of thioether (sulfide) groups is 1. The molecule has 15 heteroatoms. The molecule has 0 spiro atoms. The Labute approximate surface area is 272 Å². The lowest BCUT2D eigenvalue weighted by Gasteiger charge is -2.30. The average Bonchev–Trinajstić information content (AvgIpc) is 3.51. The summed E-state index contributed by atoms with van der Waals surface area (Å²) in [7, 11) is 0. The van der Waals surface area contributed by atoms with Crippen LogP contribution >= 0.6 is 34.7 Å². The van der Waals surface area contributed by atoms with Crippen molar-refractivity contribution in [3.63, 3.8) is 0 Å². The molecule has 0 radical (unpaired) electrons. The van der Waals surface area contributed by atoms with Crippen molar-refractivity contribution >= 4 is 63.8 Å². The Bertz CT molecular complexity index is 1900. The number of anilines is 2. The minimum atomic E-state index is -4.81. The molecule has 3 heterocycles. The number of ether oxygens (including phenoxy) is 2. The minimum Gasteiger partial charge on any atom is -0.490 e. The van der Waals surface area contributed by atoms with Crippen LogP contribution in [0.1, 0.15) is 28.8 Å². The van der Waals surface area contributed by atoms with Gasteiger partial charge in [0.15, 0.2) is 18.1 Å². The number of imide groups is 1. The molecule has 0 saturated carbocycles. The van der Waals surface area contributed by atoms with Gasteiger partial charge in [0.2, 0.25) is 11.8 Å². The summed E-state index contributed by atoms with van der Waals surface area (Å²) >= 11 is 7.71. The lowest BCUT2D eigenvalue weighted by Crippen LogP contribution is -2.33. The van der Waals surface area contributed by atoms with E-state index in [1.54, 1.807) is 49.4 Å². The van der Waals surface area contributed by atoms with E-state index in [0.29, 0.717) is 31.1 Å². The summed E-state index contributed by atoms with van der Waals surface area (Å²) in [6.45, 7) is 1.59. The van der Waals surface area contributed by atoms with Gasteiger partial charge in [-0.3, -0.25) is 19.2 Å². The van der Waals surface area contributed by atoms with Crippen molar-refractivity contribution in [1.29, 1.82) is 0 Å². The van der Waals surface area contributed by atoms with E-state index in [-0.39, 0.29) is 24.7 Å². The number of hydrogen-bond acceptors (Lipinski definition) is 8. The Morgan fingerprint density at radius 2 is 1.74 bits per heavy atom. The van der Waals surface area contributed by atoms with Crippen LogP contribution in [0.25, 0.3) is 0 Å². The zero-order valence-electron chi connectivity index (χ0n) is 23.7. The Morgan fingerprint density at radius 1 is 1.00 bits per heavy atom. The molecule has 2 aliphatic rings. The van der Waals surface area contributed by atoms with Crippen molar-refractivity contribution in [3.05, 3.63) is 97.4 Å². The third kappa shape index (κ3) is 5.99. The van der Waals surface area contributed by atoms with E-state index in [9.17, 15) is 32.3 Å². The van der Waals surface area contributed by atoms with Crippen molar-refractivity contribution in [2.75, 3.05) is 23.4 Å². The molecule has 238 valence electrons. The molecule has 46 heavy (non-hydrogen) atoms. The van der Waals surface area contributed by atoms with E-state index in [0.717, 1.165) is 35.2 Å². The molecule has 9 nitrogen and oxygen atoms in total. The van der Waals surface area contributed by atoms with Crippen LogP contribution in [0.15, 0.2) is 76.6 Å². The number of H-pyrrole nitrogens is 1. The molecule has 0 aliphatic carbocycles. The van der Waals surface area contributed by atoms with Gasteiger partial charge >= 0.3 is 11.0 Å². The van der Waals surface area contributed by atoms with Gasteiger partial charge < -0.3 is 19.8 Å². The molecule has 1 saturated heterocycles. The van der Waals surface area contributed by atoms with Crippen LogP contribution in [-0.4, -0.2) is 41.2 Å². The number of nitrogens with zero attached hydrogens (tertiary/aromatic N) is 1. The van der Waals surface area contributed by atoms with Crippen molar-refractivity contribution in [2.45, 2.75) is 29.3 Å². The maximum atomic E-state index is 14.0. The smallest absolute Gasteiger partial charge is 0.418 e. The highest BCUT2D eigenvalue weighted by Crippen LogP contribution is 2.54. The summed E-state index contributed by atoms with van der Waals surface area (Å²) in [6, 6.07) is 15.7. The van der Waals surface area contributed by atoms with Gasteiger partial charge in [-0.15, -0.1) is 0 Å². The first-order valence-electron chi connectivity index (χ1n) is 13.8. The zero-order chi connectivity index (χ0) is 32.7. The second-order valence-electron chi connectivity index (χ2n) is 10.3. The maximum absolute atomic E-state index is 14.0. The molecule has 3 amide bonds. The SMILES string of the molecule is CCOc1cc([C@H]2c3sc(=O)[nH]c3SC3C(=O)N(c4ccccc4C(F)(F)F)C(=O)C32)ccc1OCC(=O)Nc1ccc(Cl)cc1. The number of fused-ring (bicyclic) bond motifs is 2. The monoisotopic (exact) mass is 689 g/mol. The third-order valence-corrected chi connectivity index (χ3v) is 10.0. The van der Waals surface area contributed by atoms with Gasteiger partial charge in [-0.05, 0) is 61.0 Å². The third-order valence-electron chi connectivity index (χ3n) is 7.39. The number of aromatic amines is 1. The van der Waals surface area contributed by atoms with Crippen LogP contribution in [0, 0.1) is 5.92 Å². The van der Waals surface area contributed by atoms with Crippen molar-refractivity contribution in [3.8, 4) is 11.5 Å². The van der Waals surface area contributed by atoms with Gasteiger partial charge in [0, 0.05) is 21.5 Å². The summed E-state index contributed by atoms with van der Waals surface area (Å²) in [5.41, 5.74) is -0.668. The predicted octanol–water partition coefficient (Wildman–Crippen LogP) is 6.32. The fourth-order valence-corrected chi connectivity index (χ4v) is 8.14. The predicted molar refractivity (Wildman–Crippen MR) is 167 cm³/mol. The number of nitrogens with one attached hydrogen (secondary N) is 2. The first kappa shape index (κ1) is 31.7. The molecule has 3 aromatic carbocycles. The van der Waals surface area contributed by atoms with E-state index in [1.807, 2.05) is 0 Å². The summed E-state index contributed by atoms with van der Waals surface area (Å²) in [4.78, 5) is 56.0. The van der Waals surface area contributed by atoms with Gasteiger partial charge in [0.1, 0.15) is 5.25 Å². The normalized spacial score (nSPS) is 19.1. The number of para-hydroxylation sites is 1. The number of carbonyl (C=O) groups is 3. The van der Waals surface area contributed by atoms with Gasteiger partial charge in [0.25, 0.3) is 5.91 Å². The molecule has 0 bridgehead atoms. The highest BCUT2D eigenvalue weighted by atomic mass is 35.5. The van der Waals surface area contributed by atoms with Gasteiger partial charge in [-0.25, -0.2) is 4.90 Å². The van der Waals surface area contributed by atoms with Crippen LogP contribution in [0.3, 0.4) is 0 Å². The maximum Gasteiger partial charge on any atom is 0.418 e. The number of carbonyl (C=O) groups excluding carboxylic acids is 3. The first-order chi connectivity index (χ1) is 22.0. The molecule has 2 aliphatic heterocycles. The average molecular weight is 690 g/mol. The first-order valence-corrected chi connectivity index (χ1v) is 15.9. The fraction of sp³-hybridized carbons (Fsp3) is 0.226. The minimum absolute atomic E-state index is 0.214. The van der Waals surface area contributed by atoms with E-state index in [1.165, 1.54) is 12.1 Å². The van der Waals surface area contributed by atoms with Gasteiger partial charge in [-0.1, -0.05) is 52.9 Å². The molecule has 2 N–H and O–H groups in total. The molecular weight excluding hydrogens is 667 g/mol. The van der Waals surface area contributed by atoms with Crippen molar-refractivity contribution in [2.24, 2.45) is 5.92 Å². The number of rotatable bonds is 8. The number of thiazole rings is 1. The summed E-state index contributed by atoms with van der Waals surface area (Å²) < 4.78 is 53.3. The molecule has 6 rings (SSSR count). The van der Waals surface area contributed by atoms with Crippen LogP contribution < -0.4 is 24.6 Å². The summed E-state index contributed by atoms with van der Waals surface area (Å²) in [5.74, 6) is -3.61. The van der Waals surface area contributed by atoms with E-state index >= 15 is 0 Å². The van der Waals surface area contributed by atoms with E-state index in [2.05, 4.69) is 10.3 Å².